The molecule has 0 aliphatic carbocycles. The Bertz CT molecular complexity index is 8230. The van der Waals surface area contributed by atoms with Gasteiger partial charge in [-0.05, 0) is 134 Å². The Hall–Kier alpha value is -15.4. The molecule has 0 spiro atoms. The predicted molar refractivity (Wildman–Crippen MR) is 484 cm³/mol. The van der Waals surface area contributed by atoms with Crippen LogP contribution in [-0.2, 0) is 0 Å². The van der Waals surface area contributed by atoms with Gasteiger partial charge in [-0.25, -0.2) is 59.8 Å². The minimum atomic E-state index is 0.174. The lowest BCUT2D eigenvalue weighted by Crippen LogP contribution is -1.96. The van der Waals surface area contributed by atoms with E-state index in [-0.39, 0.29) is 15.9 Å². The van der Waals surface area contributed by atoms with Crippen molar-refractivity contribution in [3.63, 3.8) is 0 Å². The Kier molecular flexibility index (Phi) is 17.6. The number of halogens is 3. The predicted octanol–water partition coefficient (Wildman–Crippen LogP) is 27.4. The van der Waals surface area contributed by atoms with Gasteiger partial charge in [0, 0.05) is 82.4 Å². The van der Waals surface area contributed by atoms with Gasteiger partial charge in [-0.2, -0.15) is 0 Å². The van der Waals surface area contributed by atoms with E-state index in [2.05, 4.69) is 157 Å². The lowest BCUT2D eigenvalue weighted by atomic mass is 9.94. The van der Waals surface area contributed by atoms with E-state index >= 15 is 0 Å². The molecule has 0 atom stereocenters. The van der Waals surface area contributed by atoms with E-state index in [0.717, 1.165) is 138 Å². The van der Waals surface area contributed by atoms with Gasteiger partial charge < -0.3 is 13.3 Å². The molecule has 15 aromatic carbocycles. The second kappa shape index (κ2) is 29.7. The largest absolute Gasteiger partial charge is 0.452 e. The highest BCUT2D eigenvalue weighted by molar-refractivity contribution is 6.30. The maximum absolute atomic E-state index is 6.38. The van der Waals surface area contributed by atoms with Crippen LogP contribution in [0.1, 0.15) is 0 Å². The molecule has 15 nitrogen and oxygen atoms in total. The molecule has 0 aliphatic heterocycles. The highest BCUT2D eigenvalue weighted by atomic mass is 35.5. The van der Waals surface area contributed by atoms with Gasteiger partial charge in [0.2, 0.25) is 15.9 Å². The fourth-order valence-electron chi connectivity index (χ4n) is 16.1. The van der Waals surface area contributed by atoms with Crippen LogP contribution in [-0.4, -0.2) is 59.8 Å². The Morgan fingerprint density at radius 3 is 0.933 bits per heavy atom. The first kappa shape index (κ1) is 71.2. The van der Waals surface area contributed by atoms with Gasteiger partial charge >= 0.3 is 0 Å². The van der Waals surface area contributed by atoms with Crippen LogP contribution in [0.3, 0.4) is 0 Å². The number of nitrogens with zero attached hydrogens (tertiary/aromatic N) is 12. The number of benzene rings is 15. The van der Waals surface area contributed by atoms with E-state index in [0.29, 0.717) is 67.9 Å². The number of hydrogen-bond acceptors (Lipinski definition) is 15. The lowest BCUT2D eigenvalue weighted by Gasteiger charge is -2.14. The molecule has 9 heterocycles. The molecule has 18 heteroatoms. The van der Waals surface area contributed by atoms with Crippen molar-refractivity contribution in [3.05, 3.63) is 362 Å². The molecule has 9 aromatic heterocycles. The molecule has 0 radical (unpaired) electrons. The van der Waals surface area contributed by atoms with Crippen LogP contribution >= 0.6 is 34.8 Å². The van der Waals surface area contributed by atoms with E-state index in [1.54, 1.807) is 0 Å². The average Bonchev–Trinajstić information content (AvgIpc) is 1.28. The van der Waals surface area contributed by atoms with E-state index in [4.69, 9.17) is 78.0 Å². The summed E-state index contributed by atoms with van der Waals surface area (Å²) in [6, 6.07) is 116. The molecule has 0 saturated carbocycles. The number of furan rings is 3. The summed E-state index contributed by atoms with van der Waals surface area (Å²) in [6.45, 7) is 0. The summed E-state index contributed by atoms with van der Waals surface area (Å²) >= 11 is 19.0. The Labute approximate surface area is 697 Å². The monoisotopic (exact) mass is 1600 g/mol. The van der Waals surface area contributed by atoms with Crippen molar-refractivity contribution in [1.29, 1.82) is 0 Å². The quantitative estimate of drug-likeness (QED) is 0.0977. The van der Waals surface area contributed by atoms with E-state index in [9.17, 15) is 0 Å². The smallest absolute Gasteiger partial charge is 0.223 e. The number of fused-ring (bicyclic) bond motifs is 16. The third-order valence-electron chi connectivity index (χ3n) is 21.7. The maximum atomic E-state index is 6.38. The topological polar surface area (TPSA) is 194 Å². The number of rotatable bonds is 9. The molecule has 24 aromatic rings. The third kappa shape index (κ3) is 12.9. The number of para-hydroxylation sites is 6. The van der Waals surface area contributed by atoms with Gasteiger partial charge in [0.05, 0.1) is 33.6 Å². The Morgan fingerprint density at radius 1 is 0.183 bits per heavy atom. The molecule has 0 fully saturated rings. The first-order valence-electron chi connectivity index (χ1n) is 38.8. The minimum absolute atomic E-state index is 0.174. The van der Waals surface area contributed by atoms with Gasteiger partial charge in [0.1, 0.15) is 50.4 Å². The van der Waals surface area contributed by atoms with Gasteiger partial charge in [0.15, 0.2) is 34.2 Å². The third-order valence-corrected chi connectivity index (χ3v) is 22.2. The molecule has 120 heavy (non-hydrogen) atoms. The van der Waals surface area contributed by atoms with Crippen molar-refractivity contribution in [2.24, 2.45) is 0 Å². The van der Waals surface area contributed by atoms with Crippen LogP contribution in [0.15, 0.2) is 359 Å². The molecule has 0 amide bonds. The molecular weight excluding hydrogens is 1550 g/mol. The zero-order valence-corrected chi connectivity index (χ0v) is 65.4. The van der Waals surface area contributed by atoms with Gasteiger partial charge in [-0.1, -0.05) is 279 Å². The van der Waals surface area contributed by atoms with E-state index in [1.807, 2.05) is 218 Å². The molecule has 564 valence electrons. The summed E-state index contributed by atoms with van der Waals surface area (Å²) < 4.78 is 18.4. The molecule has 0 aliphatic rings. The minimum Gasteiger partial charge on any atom is -0.452 e. The molecule has 0 N–H and O–H groups in total. The van der Waals surface area contributed by atoms with Gasteiger partial charge in [0.25, 0.3) is 0 Å². The van der Waals surface area contributed by atoms with Crippen molar-refractivity contribution >= 4 is 166 Å². The second-order valence-corrected chi connectivity index (χ2v) is 30.0. The van der Waals surface area contributed by atoms with Crippen LogP contribution in [0.4, 0.5) is 0 Å². The SMILES string of the molecule is Clc1nc(-c2ccc(-c3nc(-c4cc5ccccc5c5ccccc45)c4ccccc4n3)cc2)c2oc3ccccc3c2n1.Clc1nc(-c2ccc(-c3nc(-c4ccc5ccccc5c4)c4ccccc4n3)cc2)c2oc3ccccc3c2n1.Clc1nc(-c2ccc(-c3nc(-c4ccccc4)c4ccccc4n3)cc2)c2oc3ccccc3c2n1. The molecular formula is C102H57Cl3N12O3. The number of aromatic nitrogens is 12. The van der Waals surface area contributed by atoms with Gasteiger partial charge in [-0.3, -0.25) is 0 Å². The van der Waals surface area contributed by atoms with Crippen LogP contribution in [0.25, 0.3) is 233 Å². The van der Waals surface area contributed by atoms with E-state index < -0.39 is 0 Å². The summed E-state index contributed by atoms with van der Waals surface area (Å²) in [5.41, 5.74) is 22.0. The highest BCUT2D eigenvalue weighted by Gasteiger charge is 2.24. The van der Waals surface area contributed by atoms with Crippen LogP contribution < -0.4 is 0 Å². The van der Waals surface area contributed by atoms with Crippen molar-refractivity contribution in [3.8, 4) is 102 Å². The van der Waals surface area contributed by atoms with Crippen LogP contribution in [0, 0.1) is 0 Å². The first-order valence-corrected chi connectivity index (χ1v) is 39.9. The highest BCUT2D eigenvalue weighted by Crippen LogP contribution is 2.43. The molecule has 0 unspecified atom stereocenters. The summed E-state index contributed by atoms with van der Waals surface area (Å²) in [6.07, 6.45) is 0. The Morgan fingerprint density at radius 2 is 0.492 bits per heavy atom. The second-order valence-electron chi connectivity index (χ2n) is 28.9. The average molecular weight is 1610 g/mol. The lowest BCUT2D eigenvalue weighted by molar-refractivity contribution is 0.667. The fourth-order valence-corrected chi connectivity index (χ4v) is 16.6. The zero-order chi connectivity index (χ0) is 79.9. The van der Waals surface area contributed by atoms with Gasteiger partial charge in [-0.15, -0.1) is 0 Å². The number of hydrogen-bond donors (Lipinski definition) is 0. The normalized spacial score (nSPS) is 11.6. The Balaban J connectivity index is 0.000000109. The molecule has 0 bridgehead atoms. The summed E-state index contributed by atoms with van der Waals surface area (Å²) in [7, 11) is 0. The summed E-state index contributed by atoms with van der Waals surface area (Å²) in [5.74, 6) is 1.97. The summed E-state index contributed by atoms with van der Waals surface area (Å²) in [4.78, 5) is 56.9. The van der Waals surface area contributed by atoms with Crippen LogP contribution in [0.5, 0.6) is 0 Å². The van der Waals surface area contributed by atoms with Crippen LogP contribution in [0.2, 0.25) is 15.9 Å². The maximum Gasteiger partial charge on any atom is 0.223 e. The molecule has 0 saturated heterocycles. The fraction of sp³-hybridized carbons (Fsp3) is 0. The van der Waals surface area contributed by atoms with Crippen molar-refractivity contribution in [2.75, 3.05) is 0 Å². The molecule has 24 rings (SSSR count). The summed E-state index contributed by atoms with van der Waals surface area (Å²) in [5, 5.41) is 13.4. The van der Waals surface area contributed by atoms with E-state index in [1.165, 1.54) is 26.9 Å². The van der Waals surface area contributed by atoms with Crippen molar-refractivity contribution < 1.29 is 13.3 Å². The van der Waals surface area contributed by atoms with Crippen molar-refractivity contribution in [2.45, 2.75) is 0 Å². The standard InChI is InChI=1S/C38H21ClN4O.C34H19ClN4O.C30H17ClN4O/c39-38-42-33(36-35(43-38)29-14-6-8-16-32(29)44-36)22-17-19-23(20-18-22)37-40-31-15-7-5-13-28(31)34(41-37)30-21-24-9-1-2-10-25(24)26-11-3-4-12-27(26)30;35-34-38-30(32-31(39-34)26-10-4-6-12-28(26)40-32)21-14-16-22(17-15-21)33-36-27-11-5-3-9-25(27)29(37-33)24-18-13-20-7-1-2-8-23(20)19-24;31-30-34-26(28-27(35-30)22-11-5-7-13-24(22)36-28)19-14-16-20(17-15-19)29-32-23-12-6-4-10-21(23)25(33-29)18-8-2-1-3-9-18/h1-21H;1-19H;1-17H. The zero-order valence-electron chi connectivity index (χ0n) is 63.1. The van der Waals surface area contributed by atoms with Crippen molar-refractivity contribution in [1.82, 2.24) is 59.8 Å². The first-order chi connectivity index (χ1) is 59.2.